The molecule has 1 N–H and O–H groups in total. The molecule has 1 aliphatic rings. The van der Waals surface area contributed by atoms with Gasteiger partial charge in [-0.2, -0.15) is 0 Å². The first-order valence-electron chi connectivity index (χ1n) is 7.67. The summed E-state index contributed by atoms with van der Waals surface area (Å²) >= 11 is 6.97. The number of halogens is 2. The number of hydrogen-bond acceptors (Lipinski definition) is 5. The maximum absolute atomic E-state index is 12.2. The quantitative estimate of drug-likeness (QED) is 0.596. The lowest BCUT2D eigenvalue weighted by molar-refractivity contribution is -0.118. The second-order valence-corrected chi connectivity index (χ2v) is 7.18. The normalized spacial score (nSPS) is 12.2. The smallest absolute Gasteiger partial charge is 0.262 e. The Morgan fingerprint density at radius 1 is 1.15 bits per heavy atom. The van der Waals surface area contributed by atoms with E-state index < -0.39 is 0 Å². The summed E-state index contributed by atoms with van der Waals surface area (Å²) in [5.41, 5.74) is 1.28. The van der Waals surface area contributed by atoms with Crippen molar-refractivity contribution in [3.8, 4) is 17.2 Å². The summed E-state index contributed by atoms with van der Waals surface area (Å²) in [5.74, 6) is 1.50. The van der Waals surface area contributed by atoms with Crippen molar-refractivity contribution < 1.29 is 19.0 Å². The van der Waals surface area contributed by atoms with E-state index in [9.17, 15) is 4.79 Å². The van der Waals surface area contributed by atoms with Crippen LogP contribution < -0.4 is 19.5 Å². The van der Waals surface area contributed by atoms with Crippen LogP contribution in [-0.4, -0.2) is 24.3 Å². The number of hydrogen-bond donors (Lipinski definition) is 1. The van der Waals surface area contributed by atoms with Gasteiger partial charge in [0.25, 0.3) is 5.91 Å². The van der Waals surface area contributed by atoms with Crippen LogP contribution in [0.5, 0.6) is 17.2 Å². The van der Waals surface area contributed by atoms with Crippen molar-refractivity contribution in [1.82, 2.24) is 4.98 Å². The molecular formula is C18H12Br2N2O4. The lowest BCUT2D eigenvalue weighted by Gasteiger charge is -2.12. The van der Waals surface area contributed by atoms with Crippen LogP contribution in [0.2, 0.25) is 0 Å². The van der Waals surface area contributed by atoms with Crippen LogP contribution in [0.1, 0.15) is 0 Å². The summed E-state index contributed by atoms with van der Waals surface area (Å²) in [6.45, 7) is 0.0356. The standard InChI is InChI=1S/C18H12Br2N2O4/c19-12-7-13(20)18(17-11(12)2-1-5-21-17)24-8-16(23)22-10-3-4-14-15(6-10)26-9-25-14/h1-7H,8-9H2,(H,22,23). The molecule has 0 bridgehead atoms. The van der Waals surface area contributed by atoms with Crippen molar-refractivity contribution in [2.24, 2.45) is 0 Å². The Kier molecular flexibility index (Phi) is 4.69. The average Bonchev–Trinajstić information content (AvgIpc) is 3.09. The van der Waals surface area contributed by atoms with E-state index >= 15 is 0 Å². The fourth-order valence-electron chi connectivity index (χ4n) is 2.59. The Bertz CT molecular complexity index is 1010. The van der Waals surface area contributed by atoms with E-state index in [1.807, 2.05) is 18.2 Å². The van der Waals surface area contributed by atoms with Crippen molar-refractivity contribution >= 4 is 54.4 Å². The Morgan fingerprint density at radius 3 is 2.88 bits per heavy atom. The summed E-state index contributed by atoms with van der Waals surface area (Å²) < 4.78 is 17.9. The number of carbonyl (C=O) groups is 1. The van der Waals surface area contributed by atoms with E-state index in [0.717, 1.165) is 9.86 Å². The van der Waals surface area contributed by atoms with Gasteiger partial charge in [-0.15, -0.1) is 0 Å². The van der Waals surface area contributed by atoms with Crippen LogP contribution >= 0.6 is 31.9 Å². The maximum Gasteiger partial charge on any atom is 0.262 e. The van der Waals surface area contributed by atoms with Crippen molar-refractivity contribution in [3.63, 3.8) is 0 Å². The second-order valence-electron chi connectivity index (χ2n) is 5.47. The number of ether oxygens (including phenoxy) is 3. The molecule has 0 spiro atoms. The van der Waals surface area contributed by atoms with Gasteiger partial charge in [0.05, 0.1) is 4.47 Å². The first-order valence-corrected chi connectivity index (χ1v) is 9.25. The Morgan fingerprint density at radius 2 is 2.00 bits per heavy atom. The number of benzene rings is 2. The molecule has 26 heavy (non-hydrogen) atoms. The van der Waals surface area contributed by atoms with Gasteiger partial charge >= 0.3 is 0 Å². The van der Waals surface area contributed by atoms with E-state index in [1.165, 1.54) is 0 Å². The number of carbonyl (C=O) groups excluding carboxylic acids is 1. The van der Waals surface area contributed by atoms with Crippen LogP contribution in [0.25, 0.3) is 10.9 Å². The average molecular weight is 480 g/mol. The fraction of sp³-hybridized carbons (Fsp3) is 0.111. The molecule has 0 atom stereocenters. The van der Waals surface area contributed by atoms with E-state index in [2.05, 4.69) is 42.2 Å². The molecule has 3 aromatic rings. The highest BCUT2D eigenvalue weighted by Crippen LogP contribution is 2.37. The zero-order valence-electron chi connectivity index (χ0n) is 13.3. The lowest BCUT2D eigenvalue weighted by Crippen LogP contribution is -2.20. The van der Waals surface area contributed by atoms with Gasteiger partial charge in [-0.1, -0.05) is 22.0 Å². The molecule has 1 amide bonds. The van der Waals surface area contributed by atoms with Crippen LogP contribution in [-0.2, 0) is 4.79 Å². The summed E-state index contributed by atoms with van der Waals surface area (Å²) in [6, 6.07) is 10.9. The first kappa shape index (κ1) is 17.1. The van der Waals surface area contributed by atoms with Gasteiger partial charge in [0.15, 0.2) is 23.9 Å². The highest BCUT2D eigenvalue weighted by atomic mass is 79.9. The fourth-order valence-corrected chi connectivity index (χ4v) is 3.98. The van der Waals surface area contributed by atoms with Gasteiger partial charge in [-0.25, -0.2) is 0 Å². The number of pyridine rings is 1. The molecule has 0 radical (unpaired) electrons. The number of aromatic nitrogens is 1. The van der Waals surface area contributed by atoms with Gasteiger partial charge in [-0.05, 0) is 40.2 Å². The van der Waals surface area contributed by atoms with Crippen molar-refractivity contribution in [1.29, 1.82) is 0 Å². The molecule has 2 aromatic carbocycles. The molecule has 0 fully saturated rings. The van der Waals surface area contributed by atoms with Crippen LogP contribution in [0.15, 0.2) is 51.5 Å². The zero-order chi connectivity index (χ0) is 18.1. The number of fused-ring (bicyclic) bond motifs is 2. The Labute approximate surface area is 165 Å². The molecule has 0 unspecified atom stereocenters. The number of anilines is 1. The van der Waals surface area contributed by atoms with Crippen LogP contribution in [0.3, 0.4) is 0 Å². The summed E-state index contributed by atoms with van der Waals surface area (Å²) in [7, 11) is 0. The third-order valence-corrected chi connectivity index (χ3v) is 5.00. The molecule has 4 rings (SSSR count). The van der Waals surface area contributed by atoms with Crippen molar-refractivity contribution in [2.45, 2.75) is 0 Å². The van der Waals surface area contributed by atoms with Gasteiger partial charge in [0.1, 0.15) is 5.52 Å². The molecule has 1 aromatic heterocycles. The molecule has 0 saturated heterocycles. The van der Waals surface area contributed by atoms with Gasteiger partial charge in [-0.3, -0.25) is 9.78 Å². The SMILES string of the molecule is O=C(COc1c(Br)cc(Br)c2cccnc12)Nc1ccc2c(c1)OCO2. The summed E-state index contributed by atoms with van der Waals surface area (Å²) in [4.78, 5) is 16.6. The molecular weight excluding hydrogens is 468 g/mol. The first-order chi connectivity index (χ1) is 12.6. The Hall–Kier alpha value is -2.32. The third-order valence-electron chi connectivity index (χ3n) is 3.75. The van der Waals surface area contributed by atoms with Gasteiger partial charge in [0, 0.05) is 27.8 Å². The van der Waals surface area contributed by atoms with Gasteiger partial charge in [0.2, 0.25) is 6.79 Å². The second kappa shape index (κ2) is 7.13. The monoisotopic (exact) mass is 478 g/mol. The van der Waals surface area contributed by atoms with Crippen molar-refractivity contribution in [2.75, 3.05) is 18.7 Å². The van der Waals surface area contributed by atoms with E-state index in [0.29, 0.717) is 32.9 Å². The molecule has 2 heterocycles. The van der Waals surface area contributed by atoms with Gasteiger partial charge < -0.3 is 19.5 Å². The number of nitrogens with zero attached hydrogens (tertiary/aromatic N) is 1. The zero-order valence-corrected chi connectivity index (χ0v) is 16.5. The molecule has 8 heteroatoms. The summed E-state index contributed by atoms with van der Waals surface area (Å²) in [5, 5.41) is 3.68. The molecule has 0 saturated carbocycles. The summed E-state index contributed by atoms with van der Waals surface area (Å²) in [6.07, 6.45) is 1.68. The largest absolute Gasteiger partial charge is 0.480 e. The molecule has 0 aliphatic carbocycles. The third kappa shape index (κ3) is 3.34. The van der Waals surface area contributed by atoms with Crippen molar-refractivity contribution in [3.05, 3.63) is 51.5 Å². The maximum atomic E-state index is 12.2. The lowest BCUT2D eigenvalue weighted by atomic mass is 10.2. The predicted molar refractivity (Wildman–Crippen MR) is 104 cm³/mol. The highest BCUT2D eigenvalue weighted by Gasteiger charge is 2.16. The Balaban J connectivity index is 1.49. The minimum atomic E-state index is -0.289. The number of amides is 1. The molecule has 132 valence electrons. The molecule has 6 nitrogen and oxygen atoms in total. The highest BCUT2D eigenvalue weighted by molar-refractivity contribution is 9.11. The van der Waals surface area contributed by atoms with Crippen LogP contribution in [0, 0.1) is 0 Å². The minimum absolute atomic E-state index is 0.152. The molecule has 1 aliphatic heterocycles. The van der Waals surface area contributed by atoms with E-state index in [1.54, 1.807) is 24.4 Å². The van der Waals surface area contributed by atoms with E-state index in [4.69, 9.17) is 14.2 Å². The predicted octanol–water partition coefficient (Wildman–Crippen LogP) is 4.51. The van der Waals surface area contributed by atoms with E-state index in [-0.39, 0.29) is 19.3 Å². The van der Waals surface area contributed by atoms with Crippen LogP contribution in [0.4, 0.5) is 5.69 Å². The topological polar surface area (TPSA) is 69.7 Å². The minimum Gasteiger partial charge on any atom is -0.480 e. The number of rotatable bonds is 4. The number of nitrogens with one attached hydrogen (secondary N) is 1.